The first-order valence-corrected chi connectivity index (χ1v) is 3.50. The van der Waals surface area contributed by atoms with Crippen LogP contribution in [0.4, 0.5) is 5.69 Å². The molecule has 0 aliphatic rings. The van der Waals surface area contributed by atoms with Crippen LogP contribution in [0, 0.1) is 0 Å². The zero-order valence-corrected chi connectivity index (χ0v) is 7.00. The van der Waals surface area contributed by atoms with E-state index < -0.39 is 5.97 Å². The fourth-order valence-electron chi connectivity index (χ4n) is 0.767. The van der Waals surface area contributed by atoms with Gasteiger partial charge in [0.2, 0.25) is 0 Å². The van der Waals surface area contributed by atoms with Gasteiger partial charge in [0.25, 0.3) is 0 Å². The number of methoxy groups -OCH3 is 1. The van der Waals surface area contributed by atoms with Gasteiger partial charge in [0.05, 0.1) is 19.0 Å². The van der Waals surface area contributed by atoms with Crippen molar-refractivity contribution >= 4 is 11.7 Å². The number of ether oxygens (including phenoxy) is 1. The van der Waals surface area contributed by atoms with Crippen LogP contribution >= 0.6 is 0 Å². The van der Waals surface area contributed by atoms with Crippen LogP contribution < -0.4 is 5.32 Å². The van der Waals surface area contributed by atoms with E-state index in [-0.39, 0.29) is 0 Å². The number of nitrogens with zero attached hydrogens (tertiary/aromatic N) is 1. The third-order valence-electron chi connectivity index (χ3n) is 1.45. The van der Waals surface area contributed by atoms with Gasteiger partial charge < -0.3 is 10.1 Å². The molecule has 1 aromatic heterocycles. The van der Waals surface area contributed by atoms with Crippen molar-refractivity contribution in [2.45, 2.75) is 0 Å². The van der Waals surface area contributed by atoms with Gasteiger partial charge >= 0.3 is 5.97 Å². The summed E-state index contributed by atoms with van der Waals surface area (Å²) in [5.74, 6) is -0.419. The van der Waals surface area contributed by atoms with E-state index in [1.54, 1.807) is 25.4 Å². The van der Waals surface area contributed by atoms with E-state index in [0.29, 0.717) is 5.69 Å². The predicted octanol–water partition coefficient (Wildman–Crippen LogP) is 0.910. The molecular weight excluding hydrogens is 156 g/mol. The van der Waals surface area contributed by atoms with E-state index in [1.165, 1.54) is 7.11 Å². The molecule has 0 amide bonds. The second kappa shape index (κ2) is 3.71. The Bertz CT molecular complexity index is 269. The van der Waals surface area contributed by atoms with Crippen molar-refractivity contribution in [3.8, 4) is 0 Å². The lowest BCUT2D eigenvalue weighted by atomic mass is 10.3. The Balaban J connectivity index is 2.84. The van der Waals surface area contributed by atoms with Crippen molar-refractivity contribution < 1.29 is 9.53 Å². The number of esters is 1. The summed E-state index contributed by atoms with van der Waals surface area (Å²) in [7, 11) is 3.12. The lowest BCUT2D eigenvalue weighted by molar-refractivity contribution is 0.0594. The van der Waals surface area contributed by atoms with Crippen LogP contribution in [0.1, 0.15) is 10.5 Å². The van der Waals surface area contributed by atoms with Crippen LogP contribution in [-0.2, 0) is 4.74 Å². The van der Waals surface area contributed by atoms with Crippen molar-refractivity contribution in [1.29, 1.82) is 0 Å². The maximum atomic E-state index is 10.9. The fourth-order valence-corrected chi connectivity index (χ4v) is 0.767. The number of anilines is 1. The number of hydrogen-bond donors (Lipinski definition) is 1. The quantitative estimate of drug-likeness (QED) is 0.663. The van der Waals surface area contributed by atoms with Crippen LogP contribution in [-0.4, -0.2) is 25.1 Å². The Morgan fingerprint density at radius 2 is 2.33 bits per heavy atom. The summed E-state index contributed by atoms with van der Waals surface area (Å²) in [4.78, 5) is 14.8. The van der Waals surface area contributed by atoms with Gasteiger partial charge in [-0.2, -0.15) is 0 Å². The number of pyridine rings is 1. The number of hydrogen-bond acceptors (Lipinski definition) is 4. The molecule has 1 N–H and O–H groups in total. The number of rotatable bonds is 2. The number of nitrogens with one attached hydrogen (secondary N) is 1. The highest BCUT2D eigenvalue weighted by Gasteiger charge is 2.04. The third-order valence-corrected chi connectivity index (χ3v) is 1.45. The van der Waals surface area contributed by atoms with Crippen LogP contribution in [0.15, 0.2) is 18.3 Å². The normalized spacial score (nSPS) is 9.17. The van der Waals surface area contributed by atoms with Crippen molar-refractivity contribution in [2.24, 2.45) is 0 Å². The molecule has 1 aromatic rings. The minimum absolute atomic E-state index is 0.316. The summed E-state index contributed by atoms with van der Waals surface area (Å²) in [6, 6.07) is 3.37. The second-order valence-electron chi connectivity index (χ2n) is 2.17. The molecule has 0 aliphatic heterocycles. The maximum absolute atomic E-state index is 10.9. The Labute approximate surface area is 70.6 Å². The molecule has 0 bridgehead atoms. The first kappa shape index (κ1) is 8.52. The van der Waals surface area contributed by atoms with E-state index in [9.17, 15) is 4.79 Å². The molecule has 1 heterocycles. The Morgan fingerprint density at radius 1 is 1.58 bits per heavy atom. The molecule has 12 heavy (non-hydrogen) atoms. The lowest BCUT2D eigenvalue weighted by Crippen LogP contribution is -2.03. The molecule has 0 saturated heterocycles. The minimum Gasteiger partial charge on any atom is -0.464 e. The molecule has 0 aliphatic carbocycles. The smallest absolute Gasteiger partial charge is 0.356 e. The minimum atomic E-state index is -0.419. The van der Waals surface area contributed by atoms with E-state index in [0.717, 1.165) is 5.69 Å². The summed E-state index contributed by atoms with van der Waals surface area (Å²) < 4.78 is 4.49. The van der Waals surface area contributed by atoms with Crippen LogP contribution in [0.3, 0.4) is 0 Å². The lowest BCUT2D eigenvalue weighted by Gasteiger charge is -2.00. The summed E-state index contributed by atoms with van der Waals surface area (Å²) >= 11 is 0. The Kier molecular flexibility index (Phi) is 2.63. The standard InChI is InChI=1S/C8H10N2O2/c1-9-6-3-4-7(10-5-6)8(11)12-2/h3-5,9H,1-2H3. The second-order valence-corrected chi connectivity index (χ2v) is 2.17. The summed E-state index contributed by atoms with van der Waals surface area (Å²) in [5.41, 5.74) is 1.18. The van der Waals surface area contributed by atoms with Crippen LogP contribution in [0.5, 0.6) is 0 Å². The monoisotopic (exact) mass is 166 g/mol. The van der Waals surface area contributed by atoms with E-state index >= 15 is 0 Å². The van der Waals surface area contributed by atoms with Crippen LogP contribution in [0.2, 0.25) is 0 Å². The number of carbonyl (C=O) groups is 1. The van der Waals surface area contributed by atoms with Gasteiger partial charge in [0.15, 0.2) is 0 Å². The third kappa shape index (κ3) is 1.72. The molecule has 64 valence electrons. The van der Waals surface area contributed by atoms with Crippen molar-refractivity contribution in [1.82, 2.24) is 4.98 Å². The molecule has 4 nitrogen and oxygen atoms in total. The molecule has 0 unspecified atom stereocenters. The van der Waals surface area contributed by atoms with Gasteiger partial charge in [0.1, 0.15) is 5.69 Å². The van der Waals surface area contributed by atoms with Crippen molar-refractivity contribution in [3.63, 3.8) is 0 Å². The zero-order chi connectivity index (χ0) is 8.97. The van der Waals surface area contributed by atoms with E-state index in [4.69, 9.17) is 0 Å². The number of carbonyl (C=O) groups excluding carboxylic acids is 1. The highest BCUT2D eigenvalue weighted by molar-refractivity contribution is 5.87. The largest absolute Gasteiger partial charge is 0.464 e. The highest BCUT2D eigenvalue weighted by atomic mass is 16.5. The average Bonchev–Trinajstić information content (AvgIpc) is 2.17. The Morgan fingerprint density at radius 3 is 2.75 bits per heavy atom. The molecule has 0 radical (unpaired) electrons. The van der Waals surface area contributed by atoms with Crippen molar-refractivity contribution in [3.05, 3.63) is 24.0 Å². The van der Waals surface area contributed by atoms with Gasteiger partial charge in [-0.15, -0.1) is 0 Å². The SMILES string of the molecule is CNc1ccc(C(=O)OC)nc1. The molecule has 0 aromatic carbocycles. The molecule has 0 atom stereocenters. The Hall–Kier alpha value is -1.58. The first-order chi connectivity index (χ1) is 5.77. The zero-order valence-electron chi connectivity index (χ0n) is 7.00. The molecule has 0 fully saturated rings. The molecular formula is C8H10N2O2. The van der Waals surface area contributed by atoms with E-state index in [2.05, 4.69) is 15.0 Å². The highest BCUT2D eigenvalue weighted by Crippen LogP contribution is 2.05. The van der Waals surface area contributed by atoms with Gasteiger partial charge in [-0.1, -0.05) is 0 Å². The number of aromatic nitrogens is 1. The molecule has 0 saturated carbocycles. The van der Waals surface area contributed by atoms with Gasteiger partial charge in [-0.3, -0.25) is 0 Å². The summed E-state index contributed by atoms with van der Waals surface area (Å²) in [5, 5.41) is 2.90. The summed E-state index contributed by atoms with van der Waals surface area (Å²) in [6.07, 6.45) is 1.58. The van der Waals surface area contributed by atoms with Crippen molar-refractivity contribution in [2.75, 3.05) is 19.5 Å². The fraction of sp³-hybridized carbons (Fsp3) is 0.250. The molecule has 1 rings (SSSR count). The predicted molar refractivity (Wildman–Crippen MR) is 45.1 cm³/mol. The van der Waals surface area contributed by atoms with Gasteiger partial charge in [-0.25, -0.2) is 9.78 Å². The van der Waals surface area contributed by atoms with Crippen LogP contribution in [0.25, 0.3) is 0 Å². The summed E-state index contributed by atoms with van der Waals surface area (Å²) in [6.45, 7) is 0. The maximum Gasteiger partial charge on any atom is 0.356 e. The molecule has 4 heteroatoms. The first-order valence-electron chi connectivity index (χ1n) is 3.50. The topological polar surface area (TPSA) is 51.2 Å². The molecule has 0 spiro atoms. The van der Waals surface area contributed by atoms with Gasteiger partial charge in [-0.05, 0) is 12.1 Å². The average molecular weight is 166 g/mol. The van der Waals surface area contributed by atoms with Gasteiger partial charge in [0, 0.05) is 7.05 Å². The van der Waals surface area contributed by atoms with E-state index in [1.807, 2.05) is 0 Å².